The van der Waals surface area contributed by atoms with E-state index in [2.05, 4.69) is 10.5 Å². The van der Waals surface area contributed by atoms with Gasteiger partial charge in [0.05, 0.1) is 0 Å². The summed E-state index contributed by atoms with van der Waals surface area (Å²) in [6.07, 6.45) is -2.83. The molecule has 0 atom stereocenters. The first kappa shape index (κ1) is 7.35. The second kappa shape index (κ2) is 2.08. The van der Waals surface area contributed by atoms with Gasteiger partial charge in [0.1, 0.15) is 0 Å². The Bertz CT molecular complexity index is 93.9. The molecule has 0 saturated heterocycles. The molecule has 0 aromatic rings. The lowest BCUT2D eigenvalue weighted by atomic mass is 10.8. The van der Waals surface area contributed by atoms with Gasteiger partial charge in [0.15, 0.2) is 0 Å². The van der Waals surface area contributed by atoms with E-state index in [1.807, 2.05) is 0 Å². The number of hydrogen-bond donors (Lipinski definition) is 3. The van der Waals surface area contributed by atoms with Gasteiger partial charge in [-0.05, 0) is 0 Å². The average Bonchev–Trinajstić information content (AvgIpc) is 1.21. The molecule has 0 radical (unpaired) electrons. The Morgan fingerprint density at radius 2 is 2.12 bits per heavy atom. The van der Waals surface area contributed by atoms with Gasteiger partial charge in [-0.1, -0.05) is 0 Å². The summed E-state index contributed by atoms with van der Waals surface area (Å²) in [4.78, 5) is 9.84. The van der Waals surface area contributed by atoms with Crippen molar-refractivity contribution in [2.75, 3.05) is 0 Å². The fourth-order valence-corrected chi connectivity index (χ4v) is 0.212. The van der Waals surface area contributed by atoms with Crippen molar-refractivity contribution < 1.29 is 19.7 Å². The van der Waals surface area contributed by atoms with Crippen LogP contribution in [-0.2, 0) is 9.53 Å². The maximum atomic E-state index is 9.84. The molecule has 0 unspecified atom stereocenters. The summed E-state index contributed by atoms with van der Waals surface area (Å²) < 4.78 is 3.69. The number of ether oxygens (including phenoxy) is 1. The van der Waals surface area contributed by atoms with Gasteiger partial charge in [0.25, 0.3) is 0 Å². The lowest BCUT2D eigenvalue weighted by Crippen LogP contribution is -2.43. The summed E-state index contributed by atoms with van der Waals surface area (Å²) >= 11 is 0. The molecule has 0 spiro atoms. The van der Waals surface area contributed by atoms with Crippen LogP contribution in [0.25, 0.3) is 0 Å². The zero-order chi connectivity index (χ0) is 6.78. The van der Waals surface area contributed by atoms with Gasteiger partial charge >= 0.3 is 12.1 Å². The number of nitrogens with two attached hydrogens (primary N) is 1. The molecule has 5 heteroatoms. The third kappa shape index (κ3) is 5.35. The molecule has 0 aliphatic rings. The number of carbonyl (C=O) groups excluding carboxylic acids is 1. The smallest absolute Gasteiger partial charge is 0.391 e. The first-order valence-electron chi connectivity index (χ1n) is 1.85. The zero-order valence-corrected chi connectivity index (χ0v) is 4.29. The minimum Gasteiger partial charge on any atom is -0.395 e. The van der Waals surface area contributed by atoms with E-state index in [0.717, 1.165) is 6.92 Å². The second-order valence-electron chi connectivity index (χ2n) is 1.25. The van der Waals surface area contributed by atoms with Gasteiger partial charge in [-0.15, -0.1) is 0 Å². The van der Waals surface area contributed by atoms with Crippen LogP contribution >= 0.6 is 0 Å². The summed E-state index contributed by atoms with van der Waals surface area (Å²) in [6, 6.07) is 0. The summed E-state index contributed by atoms with van der Waals surface area (Å²) in [6.45, 7) is 1.01. The molecule has 0 aliphatic carbocycles. The summed E-state index contributed by atoms with van der Waals surface area (Å²) in [5, 5.41) is 16.2. The lowest BCUT2D eigenvalue weighted by molar-refractivity contribution is -0.314. The first-order chi connectivity index (χ1) is 3.42. The third-order valence-electron chi connectivity index (χ3n) is 0.294. The Hall–Kier alpha value is -0.650. The molecular weight excluding hydrogens is 114 g/mol. The van der Waals surface area contributed by atoms with Crippen LogP contribution < -0.4 is 5.73 Å². The van der Waals surface area contributed by atoms with E-state index in [-0.39, 0.29) is 0 Å². The number of esters is 1. The molecule has 0 heterocycles. The van der Waals surface area contributed by atoms with E-state index in [4.69, 9.17) is 10.2 Å². The maximum absolute atomic E-state index is 9.84. The zero-order valence-electron chi connectivity index (χ0n) is 4.29. The molecule has 48 valence electrons. The monoisotopic (exact) mass is 121 g/mol. The van der Waals surface area contributed by atoms with Crippen LogP contribution in [0.2, 0.25) is 0 Å². The Morgan fingerprint density at radius 3 is 2.12 bits per heavy atom. The Labute approximate surface area is 45.7 Å². The predicted octanol–water partition coefficient (Wildman–Crippen LogP) is -1.90. The average molecular weight is 121 g/mol. The van der Waals surface area contributed by atoms with Crippen LogP contribution in [0.1, 0.15) is 6.92 Å². The van der Waals surface area contributed by atoms with Crippen LogP contribution in [0.4, 0.5) is 0 Å². The van der Waals surface area contributed by atoms with E-state index < -0.39 is 12.1 Å². The normalized spacial score (nSPS) is 11.0. The van der Waals surface area contributed by atoms with E-state index >= 15 is 0 Å². The fourth-order valence-electron chi connectivity index (χ4n) is 0.212. The molecule has 0 aliphatic heterocycles. The summed E-state index contributed by atoms with van der Waals surface area (Å²) in [5.74, 6) is -0.850. The van der Waals surface area contributed by atoms with Crippen LogP contribution in [-0.4, -0.2) is 22.3 Å². The number of carbonyl (C=O) groups is 1. The Balaban J connectivity index is 3.55. The van der Waals surface area contributed by atoms with Gasteiger partial charge in [0.2, 0.25) is 0 Å². The first-order valence-corrected chi connectivity index (χ1v) is 1.85. The SMILES string of the molecule is CC(=O)OC(N)(O)O. The van der Waals surface area contributed by atoms with E-state index in [9.17, 15) is 4.79 Å². The van der Waals surface area contributed by atoms with Gasteiger partial charge in [-0.2, -0.15) is 0 Å². The highest BCUT2D eigenvalue weighted by molar-refractivity contribution is 5.66. The third-order valence-corrected chi connectivity index (χ3v) is 0.294. The molecule has 8 heavy (non-hydrogen) atoms. The van der Waals surface area contributed by atoms with Crippen LogP contribution in [0.3, 0.4) is 0 Å². The number of rotatable bonds is 1. The number of aliphatic hydroxyl groups is 2. The quantitative estimate of drug-likeness (QED) is 0.278. The van der Waals surface area contributed by atoms with Gasteiger partial charge in [-0.3, -0.25) is 4.79 Å². The van der Waals surface area contributed by atoms with Crippen molar-refractivity contribution in [1.29, 1.82) is 0 Å². The molecule has 0 amide bonds. The van der Waals surface area contributed by atoms with Crippen molar-refractivity contribution in [2.24, 2.45) is 5.73 Å². The van der Waals surface area contributed by atoms with E-state index in [0.29, 0.717) is 0 Å². The van der Waals surface area contributed by atoms with Crippen LogP contribution in [0.5, 0.6) is 0 Å². The van der Waals surface area contributed by atoms with E-state index in [1.165, 1.54) is 0 Å². The standard InChI is InChI=1S/C3H7NO4/c1-2(5)8-3(4,6)7/h6-7H,4H2,1H3. The van der Waals surface area contributed by atoms with Crippen molar-refractivity contribution >= 4 is 5.97 Å². The molecule has 5 nitrogen and oxygen atoms in total. The maximum Gasteiger partial charge on any atom is 0.391 e. The highest BCUT2D eigenvalue weighted by Crippen LogP contribution is 1.89. The molecule has 0 aromatic carbocycles. The minimum absolute atomic E-state index is 0.850. The van der Waals surface area contributed by atoms with Gasteiger partial charge < -0.3 is 14.9 Å². The van der Waals surface area contributed by atoms with Crippen molar-refractivity contribution in [2.45, 2.75) is 13.0 Å². The fraction of sp³-hybridized carbons (Fsp3) is 0.667. The predicted molar refractivity (Wildman–Crippen MR) is 23.1 cm³/mol. The van der Waals surface area contributed by atoms with Crippen LogP contribution in [0.15, 0.2) is 0 Å². The minimum atomic E-state index is -2.83. The van der Waals surface area contributed by atoms with Gasteiger partial charge in [-0.25, -0.2) is 5.73 Å². The highest BCUT2D eigenvalue weighted by atomic mass is 16.8. The molecule has 0 bridgehead atoms. The second-order valence-corrected chi connectivity index (χ2v) is 1.25. The van der Waals surface area contributed by atoms with Crippen molar-refractivity contribution in [3.63, 3.8) is 0 Å². The molecular formula is C3H7NO4. The number of hydrogen-bond acceptors (Lipinski definition) is 5. The summed E-state index contributed by atoms with van der Waals surface area (Å²) in [5.41, 5.74) is 4.40. The van der Waals surface area contributed by atoms with Gasteiger partial charge in [0, 0.05) is 6.92 Å². The van der Waals surface area contributed by atoms with Crippen LogP contribution in [0, 0.1) is 0 Å². The lowest BCUT2D eigenvalue weighted by Gasteiger charge is -2.12. The van der Waals surface area contributed by atoms with Crippen molar-refractivity contribution in [1.82, 2.24) is 0 Å². The summed E-state index contributed by atoms with van der Waals surface area (Å²) in [7, 11) is 0. The molecule has 0 saturated carbocycles. The molecule has 4 N–H and O–H groups in total. The van der Waals surface area contributed by atoms with Crippen molar-refractivity contribution in [3.8, 4) is 0 Å². The Morgan fingerprint density at radius 1 is 1.75 bits per heavy atom. The highest BCUT2D eigenvalue weighted by Gasteiger charge is 2.18. The molecule has 0 aromatic heterocycles. The topological polar surface area (TPSA) is 92.8 Å². The molecule has 0 rings (SSSR count). The largest absolute Gasteiger partial charge is 0.395 e. The molecule has 0 fully saturated rings. The van der Waals surface area contributed by atoms with Crippen molar-refractivity contribution in [3.05, 3.63) is 0 Å². The Kier molecular flexibility index (Phi) is 1.91. The van der Waals surface area contributed by atoms with E-state index in [1.54, 1.807) is 0 Å².